The van der Waals surface area contributed by atoms with Crippen molar-refractivity contribution in [1.82, 2.24) is 9.97 Å². The van der Waals surface area contributed by atoms with E-state index in [1.165, 1.54) is 0 Å². The zero-order chi connectivity index (χ0) is 11.9. The van der Waals surface area contributed by atoms with Gasteiger partial charge in [-0.25, -0.2) is 4.98 Å². The van der Waals surface area contributed by atoms with Crippen molar-refractivity contribution >= 4 is 22.4 Å². The minimum atomic E-state index is 0.598. The summed E-state index contributed by atoms with van der Waals surface area (Å²) in [5, 5.41) is 2.04. The molecule has 0 unspecified atom stereocenters. The second-order valence-electron chi connectivity index (χ2n) is 4.08. The molecule has 0 spiro atoms. The minimum Gasteiger partial charge on any atom is -0.486 e. The van der Waals surface area contributed by atoms with Crippen LogP contribution in [0, 0.1) is 0 Å². The number of hydrogen-bond acceptors (Lipinski definition) is 4. The SMILES string of the molecule is c1csc(-c2nc3cc4c(cc3[nH]2)OCCO4)c1. The molecule has 3 heterocycles. The summed E-state index contributed by atoms with van der Waals surface area (Å²) in [5.74, 6) is 2.45. The number of rotatable bonds is 1. The van der Waals surface area contributed by atoms with E-state index in [2.05, 4.69) is 16.0 Å². The second kappa shape index (κ2) is 3.74. The fraction of sp³-hybridized carbons (Fsp3) is 0.154. The lowest BCUT2D eigenvalue weighted by molar-refractivity contribution is 0.172. The van der Waals surface area contributed by atoms with E-state index in [-0.39, 0.29) is 0 Å². The summed E-state index contributed by atoms with van der Waals surface area (Å²) in [4.78, 5) is 9.03. The Bertz CT molecular complexity index is 660. The zero-order valence-electron chi connectivity index (χ0n) is 9.47. The fourth-order valence-electron chi connectivity index (χ4n) is 2.08. The normalized spacial score (nSPS) is 14.0. The van der Waals surface area contributed by atoms with E-state index in [0.29, 0.717) is 13.2 Å². The average Bonchev–Trinajstić information content (AvgIpc) is 3.04. The molecule has 18 heavy (non-hydrogen) atoms. The fourth-order valence-corrected chi connectivity index (χ4v) is 2.75. The monoisotopic (exact) mass is 258 g/mol. The molecule has 2 aromatic heterocycles. The molecule has 0 bridgehead atoms. The minimum absolute atomic E-state index is 0.598. The van der Waals surface area contributed by atoms with Gasteiger partial charge in [0.1, 0.15) is 19.0 Å². The number of nitrogens with one attached hydrogen (secondary N) is 1. The van der Waals surface area contributed by atoms with Gasteiger partial charge in [-0.1, -0.05) is 6.07 Å². The summed E-state index contributed by atoms with van der Waals surface area (Å²) in [5.41, 5.74) is 1.88. The molecule has 3 aromatic rings. The van der Waals surface area contributed by atoms with Crippen LogP contribution in [0.1, 0.15) is 0 Å². The molecule has 0 fully saturated rings. The first-order chi connectivity index (χ1) is 8.90. The van der Waals surface area contributed by atoms with E-state index in [0.717, 1.165) is 33.2 Å². The molecule has 1 aromatic carbocycles. The number of nitrogens with zero attached hydrogens (tertiary/aromatic N) is 1. The van der Waals surface area contributed by atoms with Crippen molar-refractivity contribution in [2.45, 2.75) is 0 Å². The number of fused-ring (bicyclic) bond motifs is 2. The lowest BCUT2D eigenvalue weighted by Gasteiger charge is -2.17. The van der Waals surface area contributed by atoms with Gasteiger partial charge >= 0.3 is 0 Å². The number of hydrogen-bond donors (Lipinski definition) is 1. The third kappa shape index (κ3) is 1.48. The van der Waals surface area contributed by atoms with Crippen LogP contribution in [-0.4, -0.2) is 23.2 Å². The van der Waals surface area contributed by atoms with Gasteiger partial charge in [-0.05, 0) is 11.4 Å². The van der Waals surface area contributed by atoms with Gasteiger partial charge in [0.15, 0.2) is 11.5 Å². The van der Waals surface area contributed by atoms with Crippen molar-refractivity contribution in [3.63, 3.8) is 0 Å². The topological polar surface area (TPSA) is 47.1 Å². The van der Waals surface area contributed by atoms with Crippen molar-refractivity contribution in [3.05, 3.63) is 29.6 Å². The summed E-state index contributed by atoms with van der Waals surface area (Å²) < 4.78 is 11.1. The van der Waals surface area contributed by atoms with Gasteiger partial charge in [0.05, 0.1) is 15.9 Å². The van der Waals surface area contributed by atoms with E-state index < -0.39 is 0 Å². The number of H-pyrrole nitrogens is 1. The summed E-state index contributed by atoms with van der Waals surface area (Å²) >= 11 is 1.67. The van der Waals surface area contributed by atoms with Crippen molar-refractivity contribution < 1.29 is 9.47 Å². The summed E-state index contributed by atoms with van der Waals surface area (Å²) in [6, 6.07) is 7.95. The lowest BCUT2D eigenvalue weighted by Crippen LogP contribution is -2.15. The molecule has 4 nitrogen and oxygen atoms in total. The molecular weight excluding hydrogens is 248 g/mol. The number of thiophene rings is 1. The van der Waals surface area contributed by atoms with E-state index in [1.807, 2.05) is 23.6 Å². The third-order valence-corrected chi connectivity index (χ3v) is 3.78. The van der Waals surface area contributed by atoms with Crippen molar-refractivity contribution in [2.24, 2.45) is 0 Å². The number of benzene rings is 1. The van der Waals surface area contributed by atoms with E-state index in [1.54, 1.807) is 11.3 Å². The van der Waals surface area contributed by atoms with Gasteiger partial charge in [-0.2, -0.15) is 0 Å². The first-order valence-electron chi connectivity index (χ1n) is 5.73. The molecule has 0 amide bonds. The van der Waals surface area contributed by atoms with Gasteiger partial charge in [0, 0.05) is 12.1 Å². The van der Waals surface area contributed by atoms with Gasteiger partial charge in [0.25, 0.3) is 0 Å². The predicted octanol–water partition coefficient (Wildman–Crippen LogP) is 3.06. The highest BCUT2D eigenvalue weighted by Crippen LogP contribution is 2.35. The molecule has 0 saturated carbocycles. The summed E-state index contributed by atoms with van der Waals surface area (Å²) in [6.07, 6.45) is 0. The van der Waals surface area contributed by atoms with Crippen LogP contribution in [0.2, 0.25) is 0 Å². The summed E-state index contributed by atoms with van der Waals surface area (Å²) in [7, 11) is 0. The van der Waals surface area contributed by atoms with Gasteiger partial charge < -0.3 is 14.5 Å². The van der Waals surface area contributed by atoms with Crippen LogP contribution in [0.4, 0.5) is 0 Å². The van der Waals surface area contributed by atoms with E-state index in [9.17, 15) is 0 Å². The molecule has 1 aliphatic rings. The Morgan fingerprint density at radius 1 is 1.17 bits per heavy atom. The number of aromatic nitrogens is 2. The quantitative estimate of drug-likeness (QED) is 0.729. The molecule has 0 saturated heterocycles. The maximum Gasteiger partial charge on any atom is 0.163 e. The Morgan fingerprint density at radius 2 is 2.00 bits per heavy atom. The number of ether oxygens (including phenoxy) is 2. The van der Waals surface area contributed by atoms with Crippen molar-refractivity contribution in [2.75, 3.05) is 13.2 Å². The molecule has 0 atom stereocenters. The molecule has 1 aliphatic heterocycles. The standard InChI is InChI=1S/C13H10N2O2S/c1-2-12(18-5-1)13-14-8-6-10-11(7-9(8)15-13)17-4-3-16-10/h1-2,5-7H,3-4H2,(H,14,15). The van der Waals surface area contributed by atoms with Crippen LogP contribution in [0.3, 0.4) is 0 Å². The highest BCUT2D eigenvalue weighted by Gasteiger charge is 2.15. The van der Waals surface area contributed by atoms with Crippen LogP contribution in [0.15, 0.2) is 29.6 Å². The van der Waals surface area contributed by atoms with Crippen LogP contribution >= 0.6 is 11.3 Å². The van der Waals surface area contributed by atoms with Crippen molar-refractivity contribution in [3.8, 4) is 22.2 Å². The van der Waals surface area contributed by atoms with Crippen LogP contribution in [-0.2, 0) is 0 Å². The Kier molecular flexibility index (Phi) is 2.07. The zero-order valence-corrected chi connectivity index (χ0v) is 10.3. The molecule has 5 heteroatoms. The average molecular weight is 258 g/mol. The second-order valence-corrected chi connectivity index (χ2v) is 5.02. The van der Waals surface area contributed by atoms with Gasteiger partial charge in [0.2, 0.25) is 0 Å². The molecule has 90 valence electrons. The largest absolute Gasteiger partial charge is 0.486 e. The molecule has 0 radical (unpaired) electrons. The molecule has 4 rings (SSSR count). The Balaban J connectivity index is 1.90. The Labute approximate surface area is 107 Å². The molecular formula is C13H10N2O2S. The van der Waals surface area contributed by atoms with Crippen molar-refractivity contribution in [1.29, 1.82) is 0 Å². The smallest absolute Gasteiger partial charge is 0.163 e. The van der Waals surface area contributed by atoms with E-state index in [4.69, 9.17) is 9.47 Å². The Hall–Kier alpha value is -2.01. The highest BCUT2D eigenvalue weighted by atomic mass is 32.1. The van der Waals surface area contributed by atoms with Crippen LogP contribution in [0.5, 0.6) is 11.5 Å². The first-order valence-corrected chi connectivity index (χ1v) is 6.61. The first kappa shape index (κ1) is 9.96. The third-order valence-electron chi connectivity index (χ3n) is 2.90. The van der Waals surface area contributed by atoms with Crippen LogP contribution < -0.4 is 9.47 Å². The number of aromatic amines is 1. The lowest BCUT2D eigenvalue weighted by atomic mass is 10.2. The Morgan fingerprint density at radius 3 is 2.78 bits per heavy atom. The van der Waals surface area contributed by atoms with Gasteiger partial charge in [-0.3, -0.25) is 0 Å². The van der Waals surface area contributed by atoms with Crippen LogP contribution in [0.25, 0.3) is 21.7 Å². The number of imidazole rings is 1. The summed E-state index contributed by atoms with van der Waals surface area (Å²) in [6.45, 7) is 1.20. The van der Waals surface area contributed by atoms with E-state index >= 15 is 0 Å². The van der Waals surface area contributed by atoms with Gasteiger partial charge in [-0.15, -0.1) is 11.3 Å². The molecule has 1 N–H and O–H groups in total. The highest BCUT2D eigenvalue weighted by molar-refractivity contribution is 7.13. The molecule has 0 aliphatic carbocycles. The predicted molar refractivity (Wildman–Crippen MR) is 70.4 cm³/mol. The maximum absolute atomic E-state index is 5.56. The maximum atomic E-state index is 5.56.